The summed E-state index contributed by atoms with van der Waals surface area (Å²) in [4.78, 5) is 15.0. The summed E-state index contributed by atoms with van der Waals surface area (Å²) in [5.41, 5.74) is 1.19. The van der Waals surface area contributed by atoms with Crippen molar-refractivity contribution in [2.75, 3.05) is 47.1 Å². The van der Waals surface area contributed by atoms with E-state index in [2.05, 4.69) is 22.3 Å². The maximum Gasteiger partial charge on any atom is 0.224 e. The van der Waals surface area contributed by atoms with Crippen molar-refractivity contribution in [2.45, 2.75) is 19.1 Å². The van der Waals surface area contributed by atoms with Gasteiger partial charge in [0.15, 0.2) is 0 Å². The molecule has 3 rings (SSSR count). The lowest BCUT2D eigenvalue weighted by Gasteiger charge is -2.39. The van der Waals surface area contributed by atoms with Gasteiger partial charge in [-0.25, -0.2) is 0 Å². The van der Waals surface area contributed by atoms with Crippen molar-refractivity contribution >= 4 is 5.91 Å². The molecule has 138 valence electrons. The summed E-state index contributed by atoms with van der Waals surface area (Å²) >= 11 is 0. The summed E-state index contributed by atoms with van der Waals surface area (Å²) in [5, 5.41) is 3.00. The number of hydrogen-bond donors (Lipinski definition) is 1. The first kappa shape index (κ1) is 18.2. The Balaban J connectivity index is 1.65. The van der Waals surface area contributed by atoms with Gasteiger partial charge in [0.25, 0.3) is 0 Å². The van der Waals surface area contributed by atoms with Gasteiger partial charge in [-0.15, -0.1) is 0 Å². The van der Waals surface area contributed by atoms with Crippen molar-refractivity contribution < 1.29 is 19.0 Å². The van der Waals surface area contributed by atoms with Crippen LogP contribution in [0.3, 0.4) is 0 Å². The summed E-state index contributed by atoms with van der Waals surface area (Å²) in [6.45, 7) is 4.29. The van der Waals surface area contributed by atoms with E-state index in [0.717, 1.165) is 38.4 Å². The molecule has 6 heteroatoms. The average molecular weight is 348 g/mol. The van der Waals surface area contributed by atoms with Crippen molar-refractivity contribution in [1.29, 1.82) is 0 Å². The molecule has 25 heavy (non-hydrogen) atoms. The van der Waals surface area contributed by atoms with Crippen molar-refractivity contribution in [1.82, 2.24) is 10.2 Å². The number of rotatable bonds is 7. The van der Waals surface area contributed by atoms with Gasteiger partial charge in [0, 0.05) is 45.8 Å². The van der Waals surface area contributed by atoms with Crippen molar-refractivity contribution in [3.05, 3.63) is 29.8 Å². The van der Waals surface area contributed by atoms with Crippen LogP contribution < -0.4 is 10.1 Å². The Bertz CT molecular complexity index is 580. The minimum atomic E-state index is -0.0243. The van der Waals surface area contributed by atoms with Crippen LogP contribution in [0.4, 0.5) is 0 Å². The number of nitrogens with zero attached hydrogens (tertiary/aromatic N) is 1. The molecule has 6 nitrogen and oxygen atoms in total. The fraction of sp³-hybridized carbons (Fsp3) is 0.632. The van der Waals surface area contributed by atoms with Gasteiger partial charge in [-0.3, -0.25) is 9.69 Å². The van der Waals surface area contributed by atoms with Gasteiger partial charge in [-0.05, 0) is 24.1 Å². The standard InChI is InChI=1S/C19H28N2O4/c1-23-9-7-20-19(22)17-12-21(13-18-16(17)6-8-25-18)11-14-4-3-5-15(10-14)24-2/h3-5,10,16-18H,6-9,11-13H2,1-2H3,(H,20,22)/t16-,17-,18+/m0/s1. The normalized spacial score (nSPS) is 26.2. The van der Waals surface area contributed by atoms with E-state index in [4.69, 9.17) is 14.2 Å². The third-order valence-electron chi connectivity index (χ3n) is 5.15. The number of methoxy groups -OCH3 is 2. The predicted octanol–water partition coefficient (Wildman–Crippen LogP) is 1.29. The minimum absolute atomic E-state index is 0.0243. The van der Waals surface area contributed by atoms with Crippen LogP contribution in [-0.2, 0) is 20.8 Å². The van der Waals surface area contributed by atoms with Gasteiger partial charge < -0.3 is 19.5 Å². The SMILES string of the molecule is COCCNC(=O)[C@H]1CN(Cc2cccc(OC)c2)C[C@H]2OCC[C@@H]12. The molecule has 0 spiro atoms. The van der Waals surface area contributed by atoms with Crippen LogP contribution in [-0.4, -0.2) is 64.0 Å². The highest BCUT2D eigenvalue weighted by Crippen LogP contribution is 2.34. The van der Waals surface area contributed by atoms with E-state index in [1.54, 1.807) is 14.2 Å². The summed E-state index contributed by atoms with van der Waals surface area (Å²) < 4.78 is 16.2. The lowest BCUT2D eigenvalue weighted by Crippen LogP contribution is -2.52. The van der Waals surface area contributed by atoms with E-state index in [1.807, 2.05) is 12.1 Å². The molecule has 2 aliphatic rings. The zero-order valence-electron chi connectivity index (χ0n) is 15.1. The van der Waals surface area contributed by atoms with Crippen LogP contribution in [0.2, 0.25) is 0 Å². The van der Waals surface area contributed by atoms with Gasteiger partial charge in [-0.2, -0.15) is 0 Å². The number of ether oxygens (including phenoxy) is 3. The Hall–Kier alpha value is -1.63. The topological polar surface area (TPSA) is 60.0 Å². The molecule has 1 aromatic carbocycles. The van der Waals surface area contributed by atoms with E-state index >= 15 is 0 Å². The maximum absolute atomic E-state index is 12.6. The molecule has 2 heterocycles. The maximum atomic E-state index is 12.6. The van der Waals surface area contributed by atoms with E-state index in [1.165, 1.54) is 5.56 Å². The van der Waals surface area contributed by atoms with Crippen molar-refractivity contribution in [3.8, 4) is 5.75 Å². The number of carbonyl (C=O) groups excluding carboxylic acids is 1. The minimum Gasteiger partial charge on any atom is -0.497 e. The molecule has 1 N–H and O–H groups in total. The zero-order valence-corrected chi connectivity index (χ0v) is 15.1. The molecule has 2 saturated heterocycles. The van der Waals surface area contributed by atoms with Crippen molar-refractivity contribution in [3.63, 3.8) is 0 Å². The number of fused-ring (bicyclic) bond motifs is 1. The lowest BCUT2D eigenvalue weighted by molar-refractivity contribution is -0.131. The Morgan fingerprint density at radius 3 is 3.04 bits per heavy atom. The number of hydrogen-bond acceptors (Lipinski definition) is 5. The molecule has 1 aromatic rings. The number of carbonyl (C=O) groups is 1. The molecule has 0 unspecified atom stereocenters. The number of likely N-dealkylation sites (tertiary alicyclic amines) is 1. The van der Waals surface area contributed by atoms with Crippen LogP contribution in [0, 0.1) is 11.8 Å². The van der Waals surface area contributed by atoms with E-state index in [-0.39, 0.29) is 17.9 Å². The summed E-state index contributed by atoms with van der Waals surface area (Å²) in [5.74, 6) is 1.28. The molecule has 0 radical (unpaired) electrons. The highest BCUT2D eigenvalue weighted by atomic mass is 16.5. The van der Waals surface area contributed by atoms with Gasteiger partial charge in [0.05, 0.1) is 25.7 Å². The molecule has 2 fully saturated rings. The Labute approximate surface area is 149 Å². The molecular weight excluding hydrogens is 320 g/mol. The molecule has 0 aromatic heterocycles. The number of amides is 1. The monoisotopic (exact) mass is 348 g/mol. The predicted molar refractivity (Wildman–Crippen MR) is 94.5 cm³/mol. The Morgan fingerprint density at radius 1 is 1.36 bits per heavy atom. The molecule has 0 saturated carbocycles. The quantitative estimate of drug-likeness (QED) is 0.753. The second-order valence-electron chi connectivity index (χ2n) is 6.80. The van der Waals surface area contributed by atoms with Gasteiger partial charge in [-0.1, -0.05) is 12.1 Å². The Kier molecular flexibility index (Phi) is 6.29. The summed E-state index contributed by atoms with van der Waals surface area (Å²) in [7, 11) is 3.32. The van der Waals surface area contributed by atoms with Crippen molar-refractivity contribution in [2.24, 2.45) is 11.8 Å². The first-order chi connectivity index (χ1) is 12.2. The third kappa shape index (κ3) is 4.51. The molecule has 0 aliphatic carbocycles. The van der Waals surface area contributed by atoms with Crippen LogP contribution in [0.1, 0.15) is 12.0 Å². The highest BCUT2D eigenvalue weighted by molar-refractivity contribution is 5.79. The summed E-state index contributed by atoms with van der Waals surface area (Å²) in [6, 6.07) is 8.09. The van der Waals surface area contributed by atoms with Crippen LogP contribution in [0.5, 0.6) is 5.75 Å². The zero-order chi connectivity index (χ0) is 17.6. The van der Waals surface area contributed by atoms with Gasteiger partial charge in [0.2, 0.25) is 5.91 Å². The molecule has 2 aliphatic heterocycles. The fourth-order valence-electron chi connectivity index (χ4n) is 3.90. The van der Waals surface area contributed by atoms with Crippen LogP contribution >= 0.6 is 0 Å². The third-order valence-corrected chi connectivity index (χ3v) is 5.15. The van der Waals surface area contributed by atoms with Gasteiger partial charge >= 0.3 is 0 Å². The molecule has 3 atom stereocenters. The number of piperidine rings is 1. The first-order valence-corrected chi connectivity index (χ1v) is 8.95. The van der Waals surface area contributed by atoms with Gasteiger partial charge in [0.1, 0.15) is 5.75 Å². The van der Waals surface area contributed by atoms with E-state index in [9.17, 15) is 4.79 Å². The second-order valence-corrected chi connectivity index (χ2v) is 6.80. The Morgan fingerprint density at radius 2 is 2.24 bits per heavy atom. The number of nitrogens with one attached hydrogen (secondary N) is 1. The first-order valence-electron chi connectivity index (χ1n) is 8.95. The molecular formula is C19H28N2O4. The van der Waals surface area contributed by atoms with Crippen LogP contribution in [0.25, 0.3) is 0 Å². The van der Waals surface area contributed by atoms with Crippen LogP contribution in [0.15, 0.2) is 24.3 Å². The smallest absolute Gasteiger partial charge is 0.224 e. The fourth-order valence-corrected chi connectivity index (χ4v) is 3.90. The average Bonchev–Trinajstić information content (AvgIpc) is 3.09. The molecule has 0 bridgehead atoms. The van der Waals surface area contributed by atoms with E-state index < -0.39 is 0 Å². The largest absolute Gasteiger partial charge is 0.497 e. The second kappa shape index (κ2) is 8.65. The van der Waals surface area contributed by atoms with E-state index in [0.29, 0.717) is 19.1 Å². The number of benzene rings is 1. The lowest BCUT2D eigenvalue weighted by atomic mass is 9.82. The highest BCUT2D eigenvalue weighted by Gasteiger charge is 2.43. The summed E-state index contributed by atoms with van der Waals surface area (Å²) in [6.07, 6.45) is 1.12. The molecule has 1 amide bonds.